The molecule has 7 nitrogen and oxygen atoms in total. The van der Waals surface area contributed by atoms with Crippen molar-refractivity contribution in [1.29, 1.82) is 0 Å². The summed E-state index contributed by atoms with van der Waals surface area (Å²) >= 11 is 7.59. The minimum atomic E-state index is -0.894. The van der Waals surface area contributed by atoms with Crippen LogP contribution in [0.5, 0.6) is 0 Å². The van der Waals surface area contributed by atoms with Gasteiger partial charge in [0.15, 0.2) is 0 Å². The lowest BCUT2D eigenvalue weighted by molar-refractivity contribution is -0.152. The number of carbonyl (C=O) groups is 3. The summed E-state index contributed by atoms with van der Waals surface area (Å²) in [5.41, 5.74) is 0.699. The van der Waals surface area contributed by atoms with Crippen LogP contribution in [-0.4, -0.2) is 69.6 Å². The fourth-order valence-corrected chi connectivity index (χ4v) is 8.12. The first-order chi connectivity index (χ1) is 16.3. The van der Waals surface area contributed by atoms with E-state index in [2.05, 4.69) is 0 Å². The minimum Gasteiger partial charge on any atom is -0.461 e. The Morgan fingerprint density at radius 1 is 1.09 bits per heavy atom. The number of aliphatic hydroxyl groups excluding tert-OH is 1. The Morgan fingerprint density at radius 2 is 1.85 bits per heavy atom. The second-order valence-electron chi connectivity index (χ2n) is 9.32. The van der Waals surface area contributed by atoms with Gasteiger partial charge >= 0.3 is 5.97 Å². The van der Waals surface area contributed by atoms with Gasteiger partial charge in [0.2, 0.25) is 5.91 Å². The van der Waals surface area contributed by atoms with Gasteiger partial charge in [0.25, 0.3) is 5.91 Å². The standard InChI is InChI=1S/C25H27ClN2O5S/c1-24-10-5-15-33-23(32)19(24)18-21(30)28(12-2-3-14-29)20-22(31)27(13-4-11-25(18,20)34-24)17-8-6-16(26)7-9-17/h4-11,18-20,29H,2-3,12-15H2,1H3/t18-,19-,20?,24+,25-/m0/s1. The number of benzene rings is 1. The SMILES string of the molecule is C[C@@]12C=CCOC(=O)[C@@H]1[C@H]1C(=O)N(CCCCO)C3C(=O)N(c4ccc(Cl)cc4)CC=C[C@@]31S2. The van der Waals surface area contributed by atoms with Gasteiger partial charge in [0.05, 0.1) is 16.6 Å². The molecule has 9 heteroatoms. The summed E-state index contributed by atoms with van der Waals surface area (Å²) in [6, 6.07) is 6.29. The van der Waals surface area contributed by atoms with Gasteiger partial charge in [-0.05, 0) is 50.1 Å². The highest BCUT2D eigenvalue weighted by Crippen LogP contribution is 2.65. The van der Waals surface area contributed by atoms with E-state index in [1.807, 2.05) is 31.2 Å². The van der Waals surface area contributed by atoms with Crippen LogP contribution >= 0.6 is 23.4 Å². The van der Waals surface area contributed by atoms with Gasteiger partial charge < -0.3 is 19.6 Å². The first-order valence-electron chi connectivity index (χ1n) is 11.5. The third-order valence-electron chi connectivity index (χ3n) is 7.26. The number of anilines is 1. The summed E-state index contributed by atoms with van der Waals surface area (Å²) in [4.78, 5) is 44.5. The molecule has 1 aromatic carbocycles. The second kappa shape index (κ2) is 8.73. The zero-order valence-corrected chi connectivity index (χ0v) is 20.4. The molecule has 0 saturated carbocycles. The molecule has 2 amide bonds. The number of unbranched alkanes of at least 4 members (excludes halogenated alkanes) is 1. The van der Waals surface area contributed by atoms with Gasteiger partial charge in [-0.15, -0.1) is 11.8 Å². The molecule has 34 heavy (non-hydrogen) atoms. The maximum atomic E-state index is 14.2. The third-order valence-corrected chi connectivity index (χ3v) is 9.31. The van der Waals surface area contributed by atoms with Crippen molar-refractivity contribution in [3.05, 3.63) is 53.6 Å². The fraction of sp³-hybridized carbons (Fsp3) is 0.480. The van der Waals surface area contributed by atoms with E-state index in [1.54, 1.807) is 34.1 Å². The van der Waals surface area contributed by atoms with Crippen molar-refractivity contribution in [2.45, 2.75) is 35.3 Å². The van der Waals surface area contributed by atoms with Crippen LogP contribution in [0.2, 0.25) is 5.02 Å². The van der Waals surface area contributed by atoms with E-state index in [1.165, 1.54) is 11.8 Å². The third kappa shape index (κ3) is 3.49. The average molecular weight is 503 g/mol. The number of ether oxygens (including phenoxy) is 1. The highest BCUT2D eigenvalue weighted by molar-refractivity contribution is 8.02. The Labute approximate surface area is 207 Å². The van der Waals surface area contributed by atoms with Gasteiger partial charge in [-0.25, -0.2) is 0 Å². The predicted molar refractivity (Wildman–Crippen MR) is 131 cm³/mol. The zero-order valence-electron chi connectivity index (χ0n) is 18.9. The summed E-state index contributed by atoms with van der Waals surface area (Å²) in [5.74, 6) is -2.17. The molecule has 4 heterocycles. The smallest absolute Gasteiger partial charge is 0.311 e. The number of hydrogen-bond donors (Lipinski definition) is 1. The molecular weight excluding hydrogens is 476 g/mol. The van der Waals surface area contributed by atoms with Crippen LogP contribution in [-0.2, 0) is 19.1 Å². The van der Waals surface area contributed by atoms with Crippen molar-refractivity contribution in [2.24, 2.45) is 11.8 Å². The first kappa shape index (κ1) is 23.5. The lowest BCUT2D eigenvalue weighted by Gasteiger charge is -2.36. The van der Waals surface area contributed by atoms with E-state index >= 15 is 0 Å². The number of aliphatic hydroxyl groups is 1. The Hall–Kier alpha value is -2.29. The molecule has 1 N–H and O–H groups in total. The number of cyclic esters (lactones) is 1. The minimum absolute atomic E-state index is 0.0125. The number of esters is 1. The van der Waals surface area contributed by atoms with Crippen molar-refractivity contribution < 1.29 is 24.2 Å². The molecule has 5 atom stereocenters. The number of fused-ring (bicyclic) bond motifs is 2. The van der Waals surface area contributed by atoms with Crippen LogP contribution in [0, 0.1) is 11.8 Å². The molecule has 1 unspecified atom stereocenters. The number of likely N-dealkylation sites (tertiary alicyclic amines) is 1. The molecule has 0 aliphatic carbocycles. The fourth-order valence-electron chi connectivity index (χ4n) is 5.84. The molecular formula is C25H27ClN2O5S. The molecule has 1 spiro atoms. The number of carbonyl (C=O) groups excluding carboxylic acids is 3. The van der Waals surface area contributed by atoms with Crippen LogP contribution in [0.25, 0.3) is 0 Å². The maximum Gasteiger partial charge on any atom is 0.311 e. The quantitative estimate of drug-likeness (QED) is 0.378. The molecule has 0 radical (unpaired) electrons. The Balaban J connectivity index is 1.61. The largest absolute Gasteiger partial charge is 0.461 e. The number of nitrogens with zero attached hydrogens (tertiary/aromatic N) is 2. The van der Waals surface area contributed by atoms with Crippen molar-refractivity contribution in [3.8, 4) is 0 Å². The number of rotatable bonds is 5. The Bertz CT molecular complexity index is 1080. The van der Waals surface area contributed by atoms with Crippen LogP contribution in [0.1, 0.15) is 19.8 Å². The van der Waals surface area contributed by atoms with Gasteiger partial charge in [0, 0.05) is 35.2 Å². The molecule has 5 rings (SSSR count). The van der Waals surface area contributed by atoms with Gasteiger partial charge in [0.1, 0.15) is 12.6 Å². The molecule has 4 aliphatic heterocycles. The monoisotopic (exact) mass is 502 g/mol. The molecule has 4 aliphatic rings. The van der Waals surface area contributed by atoms with E-state index < -0.39 is 33.3 Å². The summed E-state index contributed by atoms with van der Waals surface area (Å²) in [6.45, 7) is 2.84. The van der Waals surface area contributed by atoms with Crippen molar-refractivity contribution in [3.63, 3.8) is 0 Å². The van der Waals surface area contributed by atoms with E-state index in [9.17, 15) is 19.5 Å². The van der Waals surface area contributed by atoms with Gasteiger partial charge in [-0.3, -0.25) is 14.4 Å². The number of thioether (sulfide) groups is 1. The summed E-state index contributed by atoms with van der Waals surface area (Å²) in [6.07, 6.45) is 8.78. The van der Waals surface area contributed by atoms with E-state index in [0.29, 0.717) is 36.6 Å². The Morgan fingerprint density at radius 3 is 2.59 bits per heavy atom. The number of amides is 2. The van der Waals surface area contributed by atoms with Crippen LogP contribution < -0.4 is 4.90 Å². The van der Waals surface area contributed by atoms with E-state index in [0.717, 1.165) is 0 Å². The predicted octanol–water partition coefficient (Wildman–Crippen LogP) is 2.82. The highest BCUT2D eigenvalue weighted by Gasteiger charge is 2.74. The van der Waals surface area contributed by atoms with E-state index in [-0.39, 0.29) is 25.0 Å². The van der Waals surface area contributed by atoms with Crippen molar-refractivity contribution in [1.82, 2.24) is 4.90 Å². The molecule has 0 aromatic heterocycles. The topological polar surface area (TPSA) is 87.1 Å². The zero-order chi connectivity index (χ0) is 24.1. The lowest BCUT2D eigenvalue weighted by Crippen LogP contribution is -2.53. The van der Waals surface area contributed by atoms with Crippen molar-refractivity contribution >= 4 is 46.8 Å². The molecule has 2 fully saturated rings. The average Bonchev–Trinajstić information content (AvgIpc) is 3.05. The van der Waals surface area contributed by atoms with Gasteiger partial charge in [-0.1, -0.05) is 29.8 Å². The summed E-state index contributed by atoms with van der Waals surface area (Å²) < 4.78 is 3.88. The highest BCUT2D eigenvalue weighted by atomic mass is 35.5. The number of hydrogen-bond acceptors (Lipinski definition) is 6. The number of halogens is 1. The van der Waals surface area contributed by atoms with Crippen LogP contribution in [0.3, 0.4) is 0 Å². The maximum absolute atomic E-state index is 14.2. The Kier molecular flexibility index (Phi) is 6.02. The first-order valence-corrected chi connectivity index (χ1v) is 12.7. The van der Waals surface area contributed by atoms with Crippen LogP contribution in [0.4, 0.5) is 5.69 Å². The molecule has 1 aromatic rings. The summed E-state index contributed by atoms with van der Waals surface area (Å²) in [7, 11) is 0. The molecule has 2 saturated heterocycles. The summed E-state index contributed by atoms with van der Waals surface area (Å²) in [5, 5.41) is 9.86. The lowest BCUT2D eigenvalue weighted by atomic mass is 9.75. The van der Waals surface area contributed by atoms with E-state index in [4.69, 9.17) is 16.3 Å². The normalized spacial score (nSPS) is 34.4. The van der Waals surface area contributed by atoms with Crippen molar-refractivity contribution in [2.75, 3.05) is 31.2 Å². The van der Waals surface area contributed by atoms with Gasteiger partial charge in [-0.2, -0.15) is 0 Å². The molecule has 0 bridgehead atoms. The molecule has 180 valence electrons. The second-order valence-corrected chi connectivity index (χ2v) is 11.5. The van der Waals surface area contributed by atoms with Crippen LogP contribution in [0.15, 0.2) is 48.6 Å².